The van der Waals surface area contributed by atoms with Crippen LogP contribution < -0.4 is 25.1 Å². The van der Waals surface area contributed by atoms with Crippen molar-refractivity contribution < 1.29 is 28.1 Å². The van der Waals surface area contributed by atoms with Gasteiger partial charge in [0.2, 0.25) is 5.95 Å². The molecule has 0 unspecified atom stereocenters. The summed E-state index contributed by atoms with van der Waals surface area (Å²) < 4.78 is 45.5. The molecule has 32 heavy (non-hydrogen) atoms. The van der Waals surface area contributed by atoms with Crippen molar-refractivity contribution in [3.8, 4) is 17.2 Å². The van der Waals surface area contributed by atoms with E-state index in [1.165, 1.54) is 37.2 Å². The second-order valence-corrected chi connectivity index (χ2v) is 6.57. The van der Waals surface area contributed by atoms with Crippen molar-refractivity contribution >= 4 is 11.6 Å². The topological polar surface area (TPSA) is 108 Å². The number of nitrogens with zero attached hydrogens (tertiary/aromatic N) is 3. The fourth-order valence-electron chi connectivity index (χ4n) is 2.81. The van der Waals surface area contributed by atoms with Crippen LogP contribution in [0.25, 0.3) is 0 Å². The van der Waals surface area contributed by atoms with E-state index in [4.69, 9.17) is 19.3 Å². The first-order chi connectivity index (χ1) is 15.5. The minimum atomic E-state index is -0.890. The predicted octanol–water partition coefficient (Wildman–Crippen LogP) is 2.64. The number of aliphatic hydroxyl groups is 1. The van der Waals surface area contributed by atoms with E-state index in [2.05, 4.69) is 15.3 Å². The van der Waals surface area contributed by atoms with E-state index in [0.717, 1.165) is 6.07 Å². The Bertz CT molecular complexity index is 1090. The summed E-state index contributed by atoms with van der Waals surface area (Å²) in [6, 6.07) is 4.17. The van der Waals surface area contributed by atoms with Crippen LogP contribution >= 0.6 is 0 Å². The van der Waals surface area contributed by atoms with Crippen LogP contribution in [0.15, 0.2) is 41.6 Å². The van der Waals surface area contributed by atoms with Crippen molar-refractivity contribution in [3.63, 3.8) is 0 Å². The number of nitrogens with one attached hydrogen (secondary N) is 1. The first-order valence-electron chi connectivity index (χ1n) is 9.59. The van der Waals surface area contributed by atoms with Crippen LogP contribution in [0.5, 0.6) is 17.2 Å². The number of halogens is 2. The summed E-state index contributed by atoms with van der Waals surface area (Å²) in [7, 11) is 2.52. The van der Waals surface area contributed by atoms with Crippen molar-refractivity contribution in [3.05, 3.63) is 64.3 Å². The number of aromatic nitrogens is 3. The van der Waals surface area contributed by atoms with Crippen LogP contribution in [0.2, 0.25) is 0 Å². The molecule has 0 saturated carbocycles. The van der Waals surface area contributed by atoms with Crippen molar-refractivity contribution in [2.45, 2.75) is 19.6 Å². The molecule has 0 saturated heterocycles. The molecule has 1 aromatic carbocycles. The van der Waals surface area contributed by atoms with Crippen LogP contribution in [0.1, 0.15) is 12.0 Å². The van der Waals surface area contributed by atoms with Crippen LogP contribution in [0, 0.1) is 11.6 Å². The molecule has 11 heteroatoms. The molecule has 0 amide bonds. The largest absolute Gasteiger partial charge is 0.494 e. The van der Waals surface area contributed by atoms with Crippen LogP contribution in [-0.4, -0.2) is 40.5 Å². The molecule has 0 fully saturated rings. The van der Waals surface area contributed by atoms with Crippen LogP contribution in [0.4, 0.5) is 20.4 Å². The maximum atomic E-state index is 14.4. The predicted molar refractivity (Wildman–Crippen MR) is 112 cm³/mol. The molecule has 2 aromatic heterocycles. The summed E-state index contributed by atoms with van der Waals surface area (Å²) in [5.41, 5.74) is -0.108. The van der Waals surface area contributed by atoms with E-state index in [0.29, 0.717) is 18.7 Å². The highest BCUT2D eigenvalue weighted by Crippen LogP contribution is 2.31. The molecule has 3 rings (SSSR count). The number of benzene rings is 1. The van der Waals surface area contributed by atoms with E-state index >= 15 is 0 Å². The lowest BCUT2D eigenvalue weighted by Crippen LogP contribution is -2.19. The SMILES string of the molecule is COc1cc(OC)c(F)c(COc2cnc(Nc3ccn(CCCO)c(=O)c3)nc2)c1F. The van der Waals surface area contributed by atoms with Gasteiger partial charge in [-0.25, -0.2) is 18.7 Å². The van der Waals surface area contributed by atoms with Gasteiger partial charge in [0.25, 0.3) is 5.56 Å². The van der Waals surface area contributed by atoms with E-state index in [1.807, 2.05) is 0 Å². The molecule has 0 bridgehead atoms. The van der Waals surface area contributed by atoms with E-state index in [1.54, 1.807) is 12.3 Å². The highest BCUT2D eigenvalue weighted by molar-refractivity contribution is 5.51. The third-order valence-corrected chi connectivity index (χ3v) is 4.49. The second kappa shape index (κ2) is 10.5. The minimum Gasteiger partial charge on any atom is -0.494 e. The van der Waals surface area contributed by atoms with Gasteiger partial charge in [0.1, 0.15) is 6.61 Å². The monoisotopic (exact) mass is 448 g/mol. The number of pyridine rings is 1. The maximum absolute atomic E-state index is 14.4. The summed E-state index contributed by atoms with van der Waals surface area (Å²) in [5, 5.41) is 11.7. The van der Waals surface area contributed by atoms with Gasteiger partial charge in [0.15, 0.2) is 28.9 Å². The Balaban J connectivity index is 1.67. The van der Waals surface area contributed by atoms with Crippen LogP contribution in [0.3, 0.4) is 0 Å². The smallest absolute Gasteiger partial charge is 0.252 e. The van der Waals surface area contributed by atoms with E-state index in [-0.39, 0.29) is 40.9 Å². The van der Waals surface area contributed by atoms with Gasteiger partial charge in [0.05, 0.1) is 32.2 Å². The third-order valence-electron chi connectivity index (χ3n) is 4.49. The molecule has 9 nitrogen and oxygen atoms in total. The fraction of sp³-hybridized carbons (Fsp3) is 0.286. The fourth-order valence-corrected chi connectivity index (χ4v) is 2.81. The van der Waals surface area contributed by atoms with Gasteiger partial charge in [0, 0.05) is 37.2 Å². The lowest BCUT2D eigenvalue weighted by atomic mass is 10.1. The molecular formula is C21H22F2N4O5. The molecule has 2 heterocycles. The zero-order valence-electron chi connectivity index (χ0n) is 17.5. The zero-order chi connectivity index (χ0) is 23.1. The molecule has 0 aliphatic heterocycles. The number of aliphatic hydroxyl groups excluding tert-OH is 1. The van der Waals surface area contributed by atoms with Crippen molar-refractivity contribution in [1.82, 2.24) is 14.5 Å². The third kappa shape index (κ3) is 5.30. The van der Waals surface area contributed by atoms with E-state index < -0.39 is 18.2 Å². The summed E-state index contributed by atoms with van der Waals surface area (Å²) in [5.74, 6) is -1.75. The standard InChI is InChI=1S/C21H22F2N4O5/c1-30-16-9-17(31-2)20(23)15(19(16)22)12-32-14-10-24-21(25-11-14)26-13-4-6-27(5-3-7-28)18(29)8-13/h4,6,8-11,28H,3,5,7,12H2,1-2H3,(H,24,25,26). The van der Waals surface area contributed by atoms with Gasteiger partial charge in [-0.3, -0.25) is 4.79 Å². The molecule has 3 aromatic rings. The Hall–Kier alpha value is -3.73. The van der Waals surface area contributed by atoms with Crippen molar-refractivity contribution in [2.24, 2.45) is 0 Å². The molecule has 0 aliphatic rings. The first-order valence-corrected chi connectivity index (χ1v) is 9.59. The molecule has 0 aliphatic carbocycles. The lowest BCUT2D eigenvalue weighted by Gasteiger charge is -2.13. The minimum absolute atomic E-state index is 0.000650. The highest BCUT2D eigenvalue weighted by Gasteiger charge is 2.20. The Morgan fingerprint density at radius 3 is 2.31 bits per heavy atom. The first kappa shape index (κ1) is 22.9. The number of rotatable bonds is 10. The van der Waals surface area contributed by atoms with Crippen molar-refractivity contribution in [1.29, 1.82) is 0 Å². The van der Waals surface area contributed by atoms with Crippen LogP contribution in [-0.2, 0) is 13.2 Å². The van der Waals surface area contributed by atoms with Gasteiger partial charge < -0.3 is 29.2 Å². The molecular weight excluding hydrogens is 426 g/mol. The molecule has 170 valence electrons. The molecule has 0 radical (unpaired) electrons. The van der Waals surface area contributed by atoms with E-state index in [9.17, 15) is 13.6 Å². The number of hydrogen-bond donors (Lipinski definition) is 2. The summed E-state index contributed by atoms with van der Waals surface area (Å²) >= 11 is 0. The Morgan fingerprint density at radius 1 is 1.09 bits per heavy atom. The molecule has 0 atom stereocenters. The maximum Gasteiger partial charge on any atom is 0.252 e. The van der Waals surface area contributed by atoms with Gasteiger partial charge in [-0.05, 0) is 12.5 Å². The summed E-state index contributed by atoms with van der Waals surface area (Å²) in [6.07, 6.45) is 4.73. The second-order valence-electron chi connectivity index (χ2n) is 6.57. The quantitative estimate of drug-likeness (QED) is 0.488. The number of methoxy groups -OCH3 is 2. The molecule has 2 N–H and O–H groups in total. The van der Waals surface area contributed by atoms with Gasteiger partial charge in [-0.1, -0.05) is 0 Å². The van der Waals surface area contributed by atoms with Crippen molar-refractivity contribution in [2.75, 3.05) is 26.1 Å². The number of aryl methyl sites for hydroxylation is 1. The lowest BCUT2D eigenvalue weighted by molar-refractivity contribution is 0.279. The zero-order valence-corrected chi connectivity index (χ0v) is 17.5. The number of ether oxygens (including phenoxy) is 3. The average Bonchev–Trinajstić information content (AvgIpc) is 2.80. The molecule has 0 spiro atoms. The van der Waals surface area contributed by atoms with Gasteiger partial charge in [-0.15, -0.1) is 0 Å². The normalized spacial score (nSPS) is 10.7. The number of hydrogen-bond acceptors (Lipinski definition) is 8. The number of anilines is 2. The van der Waals surface area contributed by atoms with Gasteiger partial charge in [-0.2, -0.15) is 0 Å². The Kier molecular flexibility index (Phi) is 7.55. The summed E-state index contributed by atoms with van der Waals surface area (Å²) in [4.78, 5) is 20.2. The Morgan fingerprint density at radius 2 is 1.75 bits per heavy atom. The highest BCUT2D eigenvalue weighted by atomic mass is 19.1. The average molecular weight is 448 g/mol. The Labute approximate surface area is 182 Å². The summed E-state index contributed by atoms with van der Waals surface area (Å²) in [6.45, 7) is -0.0225. The van der Waals surface area contributed by atoms with Gasteiger partial charge >= 0.3 is 0 Å².